The van der Waals surface area contributed by atoms with Crippen LogP contribution < -0.4 is 10.2 Å². The maximum absolute atomic E-state index is 13.2. The van der Waals surface area contributed by atoms with Crippen molar-refractivity contribution < 1.29 is 97.7 Å². The van der Waals surface area contributed by atoms with Crippen molar-refractivity contribution in [1.29, 1.82) is 0 Å². The molecule has 6 rings (SSSR count). The number of azo groups is 2. The van der Waals surface area contributed by atoms with Crippen molar-refractivity contribution in [3.63, 3.8) is 0 Å². The molecule has 24 nitrogen and oxygen atoms in total. The number of phenols is 1. The van der Waals surface area contributed by atoms with Crippen LogP contribution in [0.1, 0.15) is 22.5 Å². The van der Waals surface area contributed by atoms with Crippen LogP contribution in [0.15, 0.2) is 121 Å². The van der Waals surface area contributed by atoms with Gasteiger partial charge in [-0.1, -0.05) is 30.3 Å². The van der Waals surface area contributed by atoms with E-state index in [9.17, 15) is 52.1 Å². The van der Waals surface area contributed by atoms with Gasteiger partial charge in [0.15, 0.2) is 11.1 Å². The maximum Gasteiger partial charge on any atom is 0.299 e. The molecule has 0 saturated heterocycles. The Morgan fingerprint density at radius 3 is 1.93 bits per heavy atom. The molecular weight excluding hydrogens is 1100 g/mol. The van der Waals surface area contributed by atoms with Crippen LogP contribution in [-0.2, 0) is 104 Å². The Balaban J connectivity index is 0.000000330. The van der Waals surface area contributed by atoms with Crippen LogP contribution in [0, 0.1) is 13.8 Å². The molecule has 1 radical (unpaired) electrons. The van der Waals surface area contributed by atoms with E-state index in [0.717, 1.165) is 14.2 Å². The van der Waals surface area contributed by atoms with E-state index in [1.807, 2.05) is 0 Å². The fourth-order valence-corrected chi connectivity index (χ4v) is 9.75. The van der Waals surface area contributed by atoms with E-state index in [0.29, 0.717) is 16.9 Å². The van der Waals surface area contributed by atoms with Gasteiger partial charge in [0.25, 0.3) is 40.5 Å². The van der Waals surface area contributed by atoms with Gasteiger partial charge in [-0.3, -0.25) is 17.5 Å². The number of nitrogens with one attached hydrogen (secondary N) is 1. The van der Waals surface area contributed by atoms with Crippen LogP contribution in [0.4, 0.5) is 40.3 Å². The summed E-state index contributed by atoms with van der Waals surface area (Å²) in [7, 11) is -13.8. The van der Waals surface area contributed by atoms with Gasteiger partial charge in [-0.15, -0.1) is 0 Å². The third kappa shape index (κ3) is 15.7. The second-order valence-electron chi connectivity index (χ2n) is 14.2. The minimum atomic E-state index is -4.52. The number of anilines is 4. The number of fused-ring (bicyclic) bond motifs is 1. The molecular formula is C40H43N9O15S5Y. The maximum atomic E-state index is 13.2. The fourth-order valence-electron chi connectivity index (χ4n) is 6.30. The van der Waals surface area contributed by atoms with E-state index in [1.54, 1.807) is 42.2 Å². The summed E-state index contributed by atoms with van der Waals surface area (Å²) in [5.74, 6) is -1.57. The number of hydrogen-bond acceptors (Lipinski definition) is 21. The Labute approximate surface area is 430 Å². The molecule has 0 bridgehead atoms. The van der Waals surface area contributed by atoms with E-state index in [4.69, 9.17) is 8.74 Å². The van der Waals surface area contributed by atoms with Gasteiger partial charge in [-0.2, -0.15) is 69.1 Å². The Hall–Kier alpha value is -5.18. The van der Waals surface area contributed by atoms with Crippen molar-refractivity contribution in [3.05, 3.63) is 114 Å². The first-order valence-electron chi connectivity index (χ1n) is 19.5. The monoisotopic (exact) mass is 1140 g/mol. The molecule has 1 heterocycles. The van der Waals surface area contributed by atoms with E-state index in [1.165, 1.54) is 74.6 Å². The smallest absolute Gasteiger partial charge is 0.299 e. The van der Waals surface area contributed by atoms with Crippen molar-refractivity contribution in [2.75, 3.05) is 43.8 Å². The van der Waals surface area contributed by atoms with Crippen molar-refractivity contribution in [1.82, 2.24) is 15.0 Å². The molecule has 0 aliphatic carbocycles. The van der Waals surface area contributed by atoms with Crippen LogP contribution in [0.2, 0.25) is 0 Å². The van der Waals surface area contributed by atoms with E-state index in [-0.39, 0.29) is 112 Å². The van der Waals surface area contributed by atoms with Crippen LogP contribution in [0.3, 0.4) is 0 Å². The van der Waals surface area contributed by atoms with Gasteiger partial charge in [0, 0.05) is 62.8 Å². The average Bonchev–Trinajstić information content (AvgIpc) is 3.27. The summed E-state index contributed by atoms with van der Waals surface area (Å²) in [6, 6.07) is 23.1. The number of aryl methyl sites for hydroxylation is 1. The summed E-state index contributed by atoms with van der Waals surface area (Å²) in [4.78, 5) is 14.0. The van der Waals surface area contributed by atoms with Crippen LogP contribution in [-0.4, -0.2) is 105 Å². The molecule has 1 atom stereocenters. The quantitative estimate of drug-likeness (QED) is 0.0258. The van der Waals surface area contributed by atoms with E-state index >= 15 is 0 Å². The summed E-state index contributed by atoms with van der Waals surface area (Å²) < 4.78 is 144. The molecule has 0 aliphatic heterocycles. The summed E-state index contributed by atoms with van der Waals surface area (Å²) >= 11 is -2.10. The SMILES string of the molecule is CN=Nc1ccc(N=Nc2ccc(CS(=O)(=O)O)cc2)cc1S(=O)(=O)OC.COS(=O)(=O)c1c(Nc2nc(C)nc(N(CCS(=O)O)c3ccccc3)n2)ccc2c(O)c(C)c(CS(=O)(=O)O)cc12.[Y]. The van der Waals surface area contributed by atoms with Gasteiger partial charge >= 0.3 is 0 Å². The van der Waals surface area contributed by atoms with Crippen molar-refractivity contribution in [3.8, 4) is 5.75 Å². The molecule has 0 saturated carbocycles. The summed E-state index contributed by atoms with van der Waals surface area (Å²) in [5.41, 5.74) is 1.82. The Morgan fingerprint density at radius 1 is 0.729 bits per heavy atom. The van der Waals surface area contributed by atoms with Crippen molar-refractivity contribution >= 4 is 103 Å². The van der Waals surface area contributed by atoms with E-state index in [2.05, 4.69) is 44.9 Å². The molecule has 371 valence electrons. The van der Waals surface area contributed by atoms with Gasteiger partial charge in [-0.25, -0.2) is 4.21 Å². The largest absolute Gasteiger partial charge is 0.507 e. The first-order valence-corrected chi connectivity index (χ1v) is 26.8. The molecule has 5 N–H and O–H groups in total. The number of aromatic hydroxyl groups is 1. The number of benzene rings is 5. The zero-order valence-electron chi connectivity index (χ0n) is 37.5. The standard InChI is InChI=1S/C25H27N5O9S3.C15H16N4O6S2.Y/c1-15-17(14-41(34,35)36)13-20-19(22(15)31)9-10-21(23(20)42(37,38)39-3)28-24-26-16(2)27-25(29-24)30(11-12-40(32)33)18-7-5-4-6-8-18;1-16-19-14-8-7-13(9-15(14)27(23,24)25-2)18-17-12-5-3-11(4-6-12)10-26(20,21)22;/h4-10,13,31H,11-12,14H2,1-3H3,(H,32,33)(H,34,35,36)(H,26,27,28,29);3-9H,10H2,1-2H3,(H,20,21,22);. The van der Waals surface area contributed by atoms with Gasteiger partial charge in [-0.05, 0) is 91.2 Å². The van der Waals surface area contributed by atoms with Crippen LogP contribution >= 0.6 is 0 Å². The number of hydrogen-bond donors (Lipinski definition) is 5. The van der Waals surface area contributed by atoms with Crippen molar-refractivity contribution in [2.24, 2.45) is 20.5 Å². The zero-order valence-corrected chi connectivity index (χ0v) is 44.4. The predicted molar refractivity (Wildman–Crippen MR) is 254 cm³/mol. The molecule has 0 fully saturated rings. The molecule has 1 unspecified atom stereocenters. The minimum absolute atomic E-state index is 0. The third-order valence-corrected chi connectivity index (χ3v) is 14.0. The van der Waals surface area contributed by atoms with Gasteiger partial charge in [0.1, 0.15) is 38.6 Å². The summed E-state index contributed by atoms with van der Waals surface area (Å²) in [6.07, 6.45) is 0. The molecule has 6 aromatic rings. The first kappa shape index (κ1) is 57.4. The molecule has 0 amide bonds. The van der Waals surface area contributed by atoms with Crippen molar-refractivity contribution in [2.45, 2.75) is 35.1 Å². The number of phenolic OH excluding ortho intramolecular Hbond substituents is 1. The Bertz CT molecular complexity index is 3410. The zero-order chi connectivity index (χ0) is 50.9. The molecule has 30 heteroatoms. The summed E-state index contributed by atoms with van der Waals surface area (Å²) in [6.45, 7) is 3.09. The molecule has 1 aromatic heterocycles. The fraction of sp³-hybridized carbons (Fsp3) is 0.225. The van der Waals surface area contributed by atoms with Gasteiger partial charge < -0.3 is 19.9 Å². The van der Waals surface area contributed by atoms with E-state index < -0.39 is 68.0 Å². The number of para-hydroxylation sites is 1. The topological polar surface area (TPSA) is 356 Å². The molecule has 0 spiro atoms. The summed E-state index contributed by atoms with van der Waals surface area (Å²) in [5, 5.41) is 28.9. The normalized spacial score (nSPS) is 12.6. The number of rotatable bonds is 18. The Morgan fingerprint density at radius 2 is 1.34 bits per heavy atom. The molecule has 5 aromatic carbocycles. The van der Waals surface area contributed by atoms with Crippen LogP contribution in [0.5, 0.6) is 5.75 Å². The average molecular weight is 1140 g/mol. The van der Waals surface area contributed by atoms with Gasteiger partial charge in [0.2, 0.25) is 11.9 Å². The third-order valence-electron chi connectivity index (χ3n) is 9.40. The molecule has 70 heavy (non-hydrogen) atoms. The van der Waals surface area contributed by atoms with Gasteiger partial charge in [0.05, 0.1) is 37.0 Å². The second-order valence-corrected chi connectivity index (χ2v) is 21.5. The molecule has 0 aliphatic rings. The number of nitrogens with zero attached hydrogens (tertiary/aromatic N) is 8. The predicted octanol–water partition coefficient (Wildman–Crippen LogP) is 6.71. The minimum Gasteiger partial charge on any atom is -0.507 e. The Kier molecular flexibility index (Phi) is 19.9. The first-order chi connectivity index (χ1) is 32.3. The second kappa shape index (κ2) is 24.3. The van der Waals surface area contributed by atoms with Crippen LogP contribution in [0.25, 0.3) is 10.8 Å². The number of aromatic nitrogens is 3.